The molecule has 27 heavy (non-hydrogen) atoms. The second-order valence-electron chi connectivity index (χ2n) is 7.60. The van der Waals surface area contributed by atoms with Crippen molar-refractivity contribution in [2.45, 2.75) is 53.4 Å². The van der Waals surface area contributed by atoms with E-state index in [1.54, 1.807) is 26.4 Å². The van der Waals surface area contributed by atoms with Gasteiger partial charge in [-0.3, -0.25) is 4.79 Å². The van der Waals surface area contributed by atoms with Crippen LogP contribution in [0.2, 0.25) is 0 Å². The number of carbonyl (C=O) groups is 1. The molecule has 0 saturated carbocycles. The Morgan fingerprint density at radius 2 is 1.67 bits per heavy atom. The zero-order chi connectivity index (χ0) is 20.4. The maximum absolute atomic E-state index is 13.0. The highest BCUT2D eigenvalue weighted by molar-refractivity contribution is 6.06. The SMILES string of the molecule is CCC(C)(C)c1c(C)ccc(NC(=O)c2ccc(OC)c(OC)c2C)c1C. The van der Waals surface area contributed by atoms with E-state index in [0.29, 0.717) is 17.1 Å². The molecule has 4 heteroatoms. The Morgan fingerprint density at radius 3 is 2.22 bits per heavy atom. The van der Waals surface area contributed by atoms with Crippen molar-refractivity contribution in [3.05, 3.63) is 52.1 Å². The predicted octanol–water partition coefficient (Wildman–Crippen LogP) is 5.57. The van der Waals surface area contributed by atoms with E-state index < -0.39 is 0 Å². The summed E-state index contributed by atoms with van der Waals surface area (Å²) in [6.45, 7) is 12.8. The fraction of sp³-hybridized carbons (Fsp3) is 0.435. The van der Waals surface area contributed by atoms with Gasteiger partial charge in [-0.05, 0) is 67.5 Å². The lowest BCUT2D eigenvalue weighted by Gasteiger charge is -2.29. The van der Waals surface area contributed by atoms with Gasteiger partial charge < -0.3 is 14.8 Å². The van der Waals surface area contributed by atoms with Crippen LogP contribution in [0.25, 0.3) is 0 Å². The number of anilines is 1. The Labute approximate surface area is 162 Å². The summed E-state index contributed by atoms with van der Waals surface area (Å²) in [7, 11) is 3.17. The maximum Gasteiger partial charge on any atom is 0.256 e. The lowest BCUT2D eigenvalue weighted by Crippen LogP contribution is -2.21. The average molecular weight is 370 g/mol. The molecule has 0 spiro atoms. The van der Waals surface area contributed by atoms with Crippen molar-refractivity contribution in [3.63, 3.8) is 0 Å². The zero-order valence-electron chi connectivity index (χ0n) is 17.7. The van der Waals surface area contributed by atoms with Gasteiger partial charge in [-0.2, -0.15) is 0 Å². The topological polar surface area (TPSA) is 47.6 Å². The number of hydrogen-bond donors (Lipinski definition) is 1. The monoisotopic (exact) mass is 369 g/mol. The van der Waals surface area contributed by atoms with Crippen LogP contribution in [0.3, 0.4) is 0 Å². The first-order valence-corrected chi connectivity index (χ1v) is 9.31. The number of hydrogen-bond acceptors (Lipinski definition) is 3. The molecule has 4 nitrogen and oxygen atoms in total. The minimum absolute atomic E-state index is 0.0498. The zero-order valence-corrected chi connectivity index (χ0v) is 17.7. The minimum atomic E-state index is -0.152. The number of amides is 1. The Kier molecular flexibility index (Phi) is 6.19. The van der Waals surface area contributed by atoms with Crippen LogP contribution in [0.4, 0.5) is 5.69 Å². The van der Waals surface area contributed by atoms with E-state index in [1.807, 2.05) is 13.0 Å². The third-order valence-corrected chi connectivity index (χ3v) is 5.52. The van der Waals surface area contributed by atoms with Crippen molar-refractivity contribution in [3.8, 4) is 11.5 Å². The Hall–Kier alpha value is -2.49. The summed E-state index contributed by atoms with van der Waals surface area (Å²) in [6, 6.07) is 7.59. The summed E-state index contributed by atoms with van der Waals surface area (Å²) >= 11 is 0. The molecule has 0 saturated heterocycles. The molecule has 0 aliphatic rings. The molecule has 0 aliphatic heterocycles. The molecule has 2 aromatic rings. The average Bonchev–Trinajstić information content (AvgIpc) is 2.63. The van der Waals surface area contributed by atoms with Crippen LogP contribution in [0.5, 0.6) is 11.5 Å². The molecule has 0 atom stereocenters. The van der Waals surface area contributed by atoms with Gasteiger partial charge in [0.15, 0.2) is 11.5 Å². The van der Waals surface area contributed by atoms with Gasteiger partial charge >= 0.3 is 0 Å². The van der Waals surface area contributed by atoms with Crippen molar-refractivity contribution in [2.75, 3.05) is 19.5 Å². The van der Waals surface area contributed by atoms with Gasteiger partial charge in [0.2, 0.25) is 0 Å². The van der Waals surface area contributed by atoms with Crippen LogP contribution in [-0.2, 0) is 5.41 Å². The van der Waals surface area contributed by atoms with Gasteiger partial charge in [0.25, 0.3) is 5.91 Å². The van der Waals surface area contributed by atoms with E-state index >= 15 is 0 Å². The number of nitrogens with one attached hydrogen (secondary N) is 1. The first-order chi connectivity index (χ1) is 12.7. The van der Waals surface area contributed by atoms with Crippen LogP contribution in [0, 0.1) is 20.8 Å². The fourth-order valence-corrected chi connectivity index (χ4v) is 3.72. The highest BCUT2D eigenvalue weighted by Crippen LogP contribution is 2.36. The number of methoxy groups -OCH3 is 2. The standard InChI is InChI=1S/C23H31NO3/c1-9-23(5,6)20-14(2)10-12-18(16(20)4)24-22(25)17-11-13-19(26-7)21(27-8)15(17)3/h10-13H,9H2,1-8H3,(H,24,25). The summed E-state index contributed by atoms with van der Waals surface area (Å²) < 4.78 is 10.7. The first-order valence-electron chi connectivity index (χ1n) is 9.31. The van der Waals surface area contributed by atoms with Gasteiger partial charge in [-0.25, -0.2) is 0 Å². The van der Waals surface area contributed by atoms with Crippen LogP contribution in [0.15, 0.2) is 24.3 Å². The molecule has 1 N–H and O–H groups in total. The van der Waals surface area contributed by atoms with Crippen molar-refractivity contribution >= 4 is 11.6 Å². The van der Waals surface area contributed by atoms with Crippen molar-refractivity contribution in [1.82, 2.24) is 0 Å². The van der Waals surface area contributed by atoms with Gasteiger partial charge in [0.05, 0.1) is 14.2 Å². The summed E-state index contributed by atoms with van der Waals surface area (Å²) in [5, 5.41) is 3.08. The predicted molar refractivity (Wildman–Crippen MR) is 111 cm³/mol. The molecule has 0 aliphatic carbocycles. The molecule has 2 rings (SSSR count). The third-order valence-electron chi connectivity index (χ3n) is 5.52. The summed E-state index contributed by atoms with van der Waals surface area (Å²) in [5.74, 6) is 1.05. The van der Waals surface area contributed by atoms with Crippen LogP contribution >= 0.6 is 0 Å². The number of aryl methyl sites for hydroxylation is 1. The second-order valence-corrected chi connectivity index (χ2v) is 7.60. The Bertz CT molecular complexity index is 853. The normalized spacial score (nSPS) is 11.3. The van der Waals surface area contributed by atoms with Gasteiger partial charge in [-0.15, -0.1) is 0 Å². The molecule has 0 unspecified atom stereocenters. The lowest BCUT2D eigenvalue weighted by molar-refractivity contribution is 0.102. The maximum atomic E-state index is 13.0. The number of rotatable bonds is 6. The van der Waals surface area contributed by atoms with Crippen LogP contribution in [-0.4, -0.2) is 20.1 Å². The molecular formula is C23H31NO3. The molecule has 146 valence electrons. The minimum Gasteiger partial charge on any atom is -0.493 e. The van der Waals surface area contributed by atoms with Crippen molar-refractivity contribution in [2.24, 2.45) is 0 Å². The summed E-state index contributed by atoms with van der Waals surface area (Å²) in [5.41, 5.74) is 5.89. The second kappa shape index (κ2) is 8.03. The van der Waals surface area contributed by atoms with E-state index in [2.05, 4.69) is 46.0 Å². The Morgan fingerprint density at radius 1 is 1.00 bits per heavy atom. The van der Waals surface area contributed by atoms with E-state index in [-0.39, 0.29) is 11.3 Å². The highest BCUT2D eigenvalue weighted by atomic mass is 16.5. The number of ether oxygens (including phenoxy) is 2. The molecule has 2 aromatic carbocycles. The van der Waals surface area contributed by atoms with Crippen molar-refractivity contribution < 1.29 is 14.3 Å². The lowest BCUT2D eigenvalue weighted by atomic mass is 9.77. The summed E-state index contributed by atoms with van der Waals surface area (Å²) in [4.78, 5) is 13.0. The molecule has 0 heterocycles. The van der Waals surface area contributed by atoms with E-state index in [9.17, 15) is 4.79 Å². The third kappa shape index (κ3) is 3.95. The van der Waals surface area contributed by atoms with Crippen LogP contribution in [0.1, 0.15) is 59.8 Å². The van der Waals surface area contributed by atoms with Gasteiger partial charge in [0.1, 0.15) is 0 Å². The first kappa shape index (κ1) is 20.8. The van der Waals surface area contributed by atoms with Gasteiger partial charge in [-0.1, -0.05) is 26.8 Å². The summed E-state index contributed by atoms with van der Waals surface area (Å²) in [6.07, 6.45) is 1.03. The van der Waals surface area contributed by atoms with Crippen LogP contribution < -0.4 is 14.8 Å². The highest BCUT2D eigenvalue weighted by Gasteiger charge is 2.24. The van der Waals surface area contributed by atoms with Gasteiger partial charge in [0, 0.05) is 16.8 Å². The number of benzene rings is 2. The molecule has 0 aromatic heterocycles. The molecular weight excluding hydrogens is 338 g/mol. The fourth-order valence-electron chi connectivity index (χ4n) is 3.72. The van der Waals surface area contributed by atoms with E-state index in [4.69, 9.17) is 9.47 Å². The quantitative estimate of drug-likeness (QED) is 0.724. The largest absolute Gasteiger partial charge is 0.493 e. The van der Waals surface area contributed by atoms with E-state index in [0.717, 1.165) is 23.2 Å². The Balaban J connectivity index is 2.44. The number of carbonyl (C=O) groups excluding carboxylic acids is 1. The molecule has 0 radical (unpaired) electrons. The smallest absolute Gasteiger partial charge is 0.256 e. The molecule has 0 fully saturated rings. The molecule has 0 bridgehead atoms. The van der Waals surface area contributed by atoms with E-state index in [1.165, 1.54) is 11.1 Å². The molecule has 1 amide bonds. The van der Waals surface area contributed by atoms with Crippen molar-refractivity contribution in [1.29, 1.82) is 0 Å².